The maximum atomic E-state index is 13.5. The van der Waals surface area contributed by atoms with Crippen LogP contribution in [0.5, 0.6) is 0 Å². The lowest BCUT2D eigenvalue weighted by Crippen LogP contribution is -2.41. The number of rotatable bonds is 6. The summed E-state index contributed by atoms with van der Waals surface area (Å²) >= 11 is 1.33. The summed E-state index contributed by atoms with van der Waals surface area (Å²) < 4.78 is 15.3. The van der Waals surface area contributed by atoms with Gasteiger partial charge in [-0.25, -0.2) is 4.39 Å². The van der Waals surface area contributed by atoms with Gasteiger partial charge in [-0.15, -0.1) is 10.2 Å². The Morgan fingerprint density at radius 3 is 2.60 bits per heavy atom. The predicted molar refractivity (Wildman–Crippen MR) is 115 cm³/mol. The summed E-state index contributed by atoms with van der Waals surface area (Å²) in [6.07, 6.45) is 7.97. The minimum Gasteiger partial charge on any atom is -0.352 e. The van der Waals surface area contributed by atoms with E-state index in [2.05, 4.69) is 27.4 Å². The molecule has 1 saturated carbocycles. The molecule has 2 aromatic heterocycles. The lowest BCUT2D eigenvalue weighted by Gasteiger charge is -2.29. The third-order valence-corrected chi connectivity index (χ3v) is 6.38. The van der Waals surface area contributed by atoms with Crippen LogP contribution in [0.3, 0.4) is 0 Å². The number of hydrogen-bond donors (Lipinski definition) is 1. The standard InChI is InChI=1S/C22H24FN5OS/c1-15-4-2-3-5-19(15)25-20(29)14-30-22-27-26-21(16-10-12-24-13-11-16)28(22)18-8-6-17(23)7-9-18/h6-13,15,19H,2-5,14H2,1H3,(H,25,29)/t15-,19+/m0/s1. The highest BCUT2D eigenvalue weighted by Gasteiger charge is 2.23. The number of thioether (sulfide) groups is 1. The van der Waals surface area contributed by atoms with Crippen LogP contribution in [0.15, 0.2) is 53.9 Å². The molecule has 30 heavy (non-hydrogen) atoms. The van der Waals surface area contributed by atoms with E-state index in [-0.39, 0.29) is 23.5 Å². The van der Waals surface area contributed by atoms with Crippen LogP contribution in [0.1, 0.15) is 32.6 Å². The Morgan fingerprint density at radius 1 is 1.13 bits per heavy atom. The van der Waals surface area contributed by atoms with Gasteiger partial charge in [0.25, 0.3) is 0 Å². The number of pyridine rings is 1. The average molecular weight is 426 g/mol. The molecule has 156 valence electrons. The predicted octanol–water partition coefficient (Wildman–Crippen LogP) is 4.26. The SMILES string of the molecule is C[C@H]1CCCC[C@H]1NC(=O)CSc1nnc(-c2ccncc2)n1-c1ccc(F)cc1. The van der Waals surface area contributed by atoms with Crippen molar-refractivity contribution in [3.05, 3.63) is 54.6 Å². The summed E-state index contributed by atoms with van der Waals surface area (Å²) in [5.74, 6) is 1.06. The average Bonchev–Trinajstić information content (AvgIpc) is 3.19. The van der Waals surface area contributed by atoms with Gasteiger partial charge in [0.05, 0.1) is 5.75 Å². The van der Waals surface area contributed by atoms with Crippen LogP contribution in [-0.2, 0) is 4.79 Å². The fourth-order valence-corrected chi connectivity index (χ4v) is 4.55. The smallest absolute Gasteiger partial charge is 0.230 e. The minimum absolute atomic E-state index is 0.00197. The van der Waals surface area contributed by atoms with Crippen LogP contribution >= 0.6 is 11.8 Å². The molecule has 1 amide bonds. The number of benzene rings is 1. The van der Waals surface area contributed by atoms with Gasteiger partial charge in [-0.05, 0) is 55.2 Å². The van der Waals surface area contributed by atoms with Crippen molar-refractivity contribution >= 4 is 17.7 Å². The normalized spacial score (nSPS) is 18.9. The summed E-state index contributed by atoms with van der Waals surface area (Å²) in [4.78, 5) is 16.6. The molecule has 1 N–H and O–H groups in total. The Morgan fingerprint density at radius 2 is 1.87 bits per heavy atom. The topological polar surface area (TPSA) is 72.7 Å². The summed E-state index contributed by atoms with van der Waals surface area (Å²) in [6, 6.07) is 10.1. The first-order valence-corrected chi connectivity index (χ1v) is 11.1. The number of carbonyl (C=O) groups is 1. The molecule has 1 aliphatic rings. The van der Waals surface area contributed by atoms with Crippen LogP contribution < -0.4 is 5.32 Å². The maximum Gasteiger partial charge on any atom is 0.230 e. The second-order valence-electron chi connectivity index (χ2n) is 7.58. The molecule has 1 fully saturated rings. The molecule has 0 aliphatic heterocycles. The van der Waals surface area contributed by atoms with Crippen LogP contribution in [0.25, 0.3) is 17.1 Å². The first-order chi connectivity index (χ1) is 14.6. The molecular formula is C22H24FN5OS. The highest BCUT2D eigenvalue weighted by Crippen LogP contribution is 2.28. The molecule has 3 aromatic rings. The summed E-state index contributed by atoms with van der Waals surface area (Å²) in [7, 11) is 0. The number of nitrogens with zero attached hydrogens (tertiary/aromatic N) is 4. The number of amides is 1. The van der Waals surface area contributed by atoms with E-state index in [1.54, 1.807) is 24.5 Å². The fraction of sp³-hybridized carbons (Fsp3) is 0.364. The first-order valence-electron chi connectivity index (χ1n) is 10.2. The van der Waals surface area contributed by atoms with Gasteiger partial charge in [-0.1, -0.05) is 31.5 Å². The lowest BCUT2D eigenvalue weighted by atomic mass is 9.86. The van der Waals surface area contributed by atoms with Gasteiger partial charge < -0.3 is 5.32 Å². The number of halogens is 1. The van der Waals surface area contributed by atoms with Gasteiger partial charge in [0.15, 0.2) is 11.0 Å². The maximum absolute atomic E-state index is 13.5. The summed E-state index contributed by atoms with van der Waals surface area (Å²) in [6.45, 7) is 2.20. The Bertz CT molecular complexity index is 993. The van der Waals surface area contributed by atoms with Crippen molar-refractivity contribution in [3.63, 3.8) is 0 Å². The molecule has 0 bridgehead atoms. The van der Waals surface area contributed by atoms with Crippen molar-refractivity contribution in [2.24, 2.45) is 5.92 Å². The minimum atomic E-state index is -0.313. The van der Waals surface area contributed by atoms with Gasteiger partial charge in [0.1, 0.15) is 5.82 Å². The van der Waals surface area contributed by atoms with Crippen molar-refractivity contribution in [3.8, 4) is 17.1 Å². The molecule has 0 saturated heterocycles. The Hall–Kier alpha value is -2.74. The summed E-state index contributed by atoms with van der Waals surface area (Å²) in [5.41, 5.74) is 1.58. The highest BCUT2D eigenvalue weighted by atomic mass is 32.2. The van der Waals surface area contributed by atoms with Gasteiger partial charge >= 0.3 is 0 Å². The van der Waals surface area contributed by atoms with E-state index >= 15 is 0 Å². The second kappa shape index (κ2) is 9.38. The molecule has 0 spiro atoms. The first kappa shape index (κ1) is 20.5. The van der Waals surface area contributed by atoms with Gasteiger partial charge in [-0.2, -0.15) is 0 Å². The van der Waals surface area contributed by atoms with Crippen molar-refractivity contribution in [1.29, 1.82) is 0 Å². The highest BCUT2D eigenvalue weighted by molar-refractivity contribution is 7.99. The molecule has 1 aliphatic carbocycles. The third-order valence-electron chi connectivity index (χ3n) is 5.45. The van der Waals surface area contributed by atoms with Crippen LogP contribution in [0, 0.1) is 11.7 Å². The van der Waals surface area contributed by atoms with E-state index < -0.39 is 0 Å². The van der Waals surface area contributed by atoms with E-state index in [4.69, 9.17) is 0 Å². The number of nitrogens with one attached hydrogen (secondary N) is 1. The number of aromatic nitrogens is 4. The molecule has 8 heteroatoms. The summed E-state index contributed by atoms with van der Waals surface area (Å²) in [5, 5.41) is 12.4. The fourth-order valence-electron chi connectivity index (χ4n) is 3.78. The van der Waals surface area contributed by atoms with Crippen LogP contribution in [-0.4, -0.2) is 37.5 Å². The van der Waals surface area contributed by atoms with E-state index in [1.165, 1.54) is 30.3 Å². The Labute approximate surface area is 179 Å². The molecule has 0 unspecified atom stereocenters. The molecular weight excluding hydrogens is 401 g/mol. The number of hydrogen-bond acceptors (Lipinski definition) is 5. The molecule has 2 heterocycles. The van der Waals surface area contributed by atoms with Crippen molar-refractivity contribution < 1.29 is 9.18 Å². The van der Waals surface area contributed by atoms with E-state index in [9.17, 15) is 9.18 Å². The lowest BCUT2D eigenvalue weighted by molar-refractivity contribution is -0.119. The molecule has 2 atom stereocenters. The van der Waals surface area contributed by atoms with Crippen LogP contribution in [0.2, 0.25) is 0 Å². The van der Waals surface area contributed by atoms with Crippen LogP contribution in [0.4, 0.5) is 4.39 Å². The third kappa shape index (κ3) is 4.70. The van der Waals surface area contributed by atoms with E-state index in [0.717, 1.165) is 30.5 Å². The zero-order valence-corrected chi connectivity index (χ0v) is 17.6. The number of carbonyl (C=O) groups excluding carboxylic acids is 1. The van der Waals surface area contributed by atoms with Gasteiger partial charge in [0, 0.05) is 29.7 Å². The molecule has 4 rings (SSSR count). The molecule has 6 nitrogen and oxygen atoms in total. The van der Waals surface area contributed by atoms with Gasteiger partial charge in [0.2, 0.25) is 5.91 Å². The van der Waals surface area contributed by atoms with Crippen molar-refractivity contribution in [2.45, 2.75) is 43.8 Å². The van der Waals surface area contributed by atoms with Crippen molar-refractivity contribution in [2.75, 3.05) is 5.75 Å². The van der Waals surface area contributed by atoms with E-state index in [1.807, 2.05) is 16.7 Å². The zero-order chi connectivity index (χ0) is 20.9. The molecule has 0 radical (unpaired) electrons. The van der Waals surface area contributed by atoms with Gasteiger partial charge in [-0.3, -0.25) is 14.3 Å². The quantitative estimate of drug-likeness (QED) is 0.598. The largest absolute Gasteiger partial charge is 0.352 e. The Balaban J connectivity index is 1.55. The zero-order valence-electron chi connectivity index (χ0n) is 16.8. The van der Waals surface area contributed by atoms with E-state index in [0.29, 0.717) is 16.9 Å². The van der Waals surface area contributed by atoms with Crippen molar-refractivity contribution in [1.82, 2.24) is 25.1 Å². The monoisotopic (exact) mass is 425 g/mol. The second-order valence-corrected chi connectivity index (χ2v) is 8.52. The molecule has 1 aromatic carbocycles. The Kier molecular flexibility index (Phi) is 6.42.